The van der Waals surface area contributed by atoms with Crippen LogP contribution in [0.4, 0.5) is 10.5 Å². The van der Waals surface area contributed by atoms with E-state index < -0.39 is 5.97 Å². The number of rotatable bonds is 8. The largest absolute Gasteiger partial charge is 0.480 e. The molecule has 1 rings (SSSR count). The number of amides is 2. The van der Waals surface area contributed by atoms with Gasteiger partial charge in [0.1, 0.15) is 6.61 Å². The van der Waals surface area contributed by atoms with Gasteiger partial charge < -0.3 is 20.5 Å². The van der Waals surface area contributed by atoms with Crippen molar-refractivity contribution in [2.45, 2.75) is 19.8 Å². The highest BCUT2D eigenvalue weighted by molar-refractivity contribution is 5.89. The standard InChI is InChI=1S/C14H20N2O4/c1-2-3-11-4-6-12(7-5-11)16-14(19)15-8-9-20-10-13(17)18/h4-7H,2-3,8-10H2,1H3,(H,17,18)(H2,15,16,19). The van der Waals surface area contributed by atoms with E-state index in [9.17, 15) is 9.59 Å². The number of aryl methyl sites for hydroxylation is 1. The Balaban J connectivity index is 2.22. The van der Waals surface area contributed by atoms with Crippen molar-refractivity contribution in [3.8, 4) is 0 Å². The van der Waals surface area contributed by atoms with Crippen LogP contribution in [-0.4, -0.2) is 36.9 Å². The SMILES string of the molecule is CCCc1ccc(NC(=O)NCCOCC(=O)O)cc1. The zero-order chi connectivity index (χ0) is 14.8. The van der Waals surface area contributed by atoms with Crippen molar-refractivity contribution in [1.82, 2.24) is 5.32 Å². The molecule has 0 saturated heterocycles. The smallest absolute Gasteiger partial charge is 0.329 e. The minimum Gasteiger partial charge on any atom is -0.480 e. The predicted octanol–water partition coefficient (Wildman–Crippen LogP) is 1.86. The first-order valence-electron chi connectivity index (χ1n) is 6.55. The van der Waals surface area contributed by atoms with E-state index >= 15 is 0 Å². The molecule has 0 fully saturated rings. The molecule has 2 amide bonds. The molecule has 0 aliphatic carbocycles. The van der Waals surface area contributed by atoms with E-state index in [0.717, 1.165) is 12.8 Å². The first-order valence-corrected chi connectivity index (χ1v) is 6.55. The maximum Gasteiger partial charge on any atom is 0.329 e. The molecule has 0 heterocycles. The second-order valence-electron chi connectivity index (χ2n) is 4.27. The lowest BCUT2D eigenvalue weighted by molar-refractivity contribution is -0.142. The Morgan fingerprint density at radius 3 is 2.55 bits per heavy atom. The van der Waals surface area contributed by atoms with Gasteiger partial charge in [0.25, 0.3) is 0 Å². The summed E-state index contributed by atoms with van der Waals surface area (Å²) in [5.41, 5.74) is 1.95. The van der Waals surface area contributed by atoms with Crippen LogP contribution >= 0.6 is 0 Å². The number of carboxylic acids is 1. The lowest BCUT2D eigenvalue weighted by Crippen LogP contribution is -2.31. The number of hydrogen-bond acceptors (Lipinski definition) is 3. The van der Waals surface area contributed by atoms with Gasteiger partial charge in [0, 0.05) is 12.2 Å². The van der Waals surface area contributed by atoms with Gasteiger partial charge in [-0.25, -0.2) is 9.59 Å². The van der Waals surface area contributed by atoms with Gasteiger partial charge in [0.2, 0.25) is 0 Å². The van der Waals surface area contributed by atoms with Gasteiger partial charge in [-0.3, -0.25) is 0 Å². The molecule has 6 nitrogen and oxygen atoms in total. The minimum absolute atomic E-state index is 0.162. The van der Waals surface area contributed by atoms with Crippen LogP contribution in [0, 0.1) is 0 Å². The van der Waals surface area contributed by atoms with Crippen LogP contribution in [0.25, 0.3) is 0 Å². The summed E-state index contributed by atoms with van der Waals surface area (Å²) >= 11 is 0. The van der Waals surface area contributed by atoms with Gasteiger partial charge in [0.05, 0.1) is 6.61 Å². The van der Waals surface area contributed by atoms with E-state index in [1.54, 1.807) is 0 Å². The second-order valence-corrected chi connectivity index (χ2v) is 4.27. The Hall–Kier alpha value is -2.08. The summed E-state index contributed by atoms with van der Waals surface area (Å²) in [5, 5.41) is 13.6. The summed E-state index contributed by atoms with van der Waals surface area (Å²) in [6, 6.07) is 7.33. The molecule has 0 saturated carbocycles. The van der Waals surface area contributed by atoms with Gasteiger partial charge in [-0.05, 0) is 24.1 Å². The highest BCUT2D eigenvalue weighted by atomic mass is 16.5. The number of hydrogen-bond donors (Lipinski definition) is 3. The van der Waals surface area contributed by atoms with Crippen molar-refractivity contribution >= 4 is 17.7 Å². The Morgan fingerprint density at radius 1 is 1.25 bits per heavy atom. The maximum absolute atomic E-state index is 11.5. The zero-order valence-electron chi connectivity index (χ0n) is 11.5. The number of anilines is 1. The van der Waals surface area contributed by atoms with Gasteiger partial charge in [-0.15, -0.1) is 0 Å². The molecule has 0 unspecified atom stereocenters. The van der Waals surface area contributed by atoms with Gasteiger partial charge in [-0.1, -0.05) is 25.5 Å². The van der Waals surface area contributed by atoms with Crippen LogP contribution < -0.4 is 10.6 Å². The summed E-state index contributed by atoms with van der Waals surface area (Å²) in [6.07, 6.45) is 2.11. The number of nitrogens with one attached hydrogen (secondary N) is 2. The molecule has 0 aliphatic heterocycles. The Morgan fingerprint density at radius 2 is 1.95 bits per heavy atom. The number of urea groups is 1. The van der Waals surface area contributed by atoms with Crippen LogP contribution in [0.2, 0.25) is 0 Å². The van der Waals surface area contributed by atoms with Crippen LogP contribution in [0.1, 0.15) is 18.9 Å². The molecule has 0 radical (unpaired) electrons. The predicted molar refractivity (Wildman–Crippen MR) is 75.9 cm³/mol. The molecule has 0 aliphatic rings. The molecular weight excluding hydrogens is 260 g/mol. The number of aliphatic carboxylic acids is 1. The van der Waals surface area contributed by atoms with Crippen molar-refractivity contribution in [2.24, 2.45) is 0 Å². The zero-order valence-corrected chi connectivity index (χ0v) is 11.5. The summed E-state index contributed by atoms with van der Waals surface area (Å²) in [4.78, 5) is 21.7. The number of benzene rings is 1. The highest BCUT2D eigenvalue weighted by Gasteiger charge is 2.01. The molecule has 1 aromatic carbocycles. The number of ether oxygens (including phenoxy) is 1. The fourth-order valence-electron chi connectivity index (χ4n) is 1.61. The van der Waals surface area contributed by atoms with E-state index in [1.807, 2.05) is 24.3 Å². The van der Waals surface area contributed by atoms with E-state index in [0.29, 0.717) is 5.69 Å². The van der Waals surface area contributed by atoms with Crippen LogP contribution in [-0.2, 0) is 16.0 Å². The molecular formula is C14H20N2O4. The lowest BCUT2D eigenvalue weighted by Gasteiger charge is -2.08. The molecule has 0 spiro atoms. The van der Waals surface area contributed by atoms with Crippen LogP contribution in [0.5, 0.6) is 0 Å². The number of carboxylic acid groups (broad SMARTS) is 1. The number of carbonyl (C=O) groups is 2. The number of carbonyl (C=O) groups excluding carboxylic acids is 1. The molecule has 110 valence electrons. The third-order valence-electron chi connectivity index (χ3n) is 2.51. The molecule has 0 atom stereocenters. The molecule has 0 aromatic heterocycles. The van der Waals surface area contributed by atoms with E-state index in [-0.39, 0.29) is 25.8 Å². The average molecular weight is 280 g/mol. The van der Waals surface area contributed by atoms with Gasteiger partial charge >= 0.3 is 12.0 Å². The quantitative estimate of drug-likeness (QED) is 0.634. The van der Waals surface area contributed by atoms with E-state index in [4.69, 9.17) is 9.84 Å². The minimum atomic E-state index is -1.03. The van der Waals surface area contributed by atoms with Gasteiger partial charge in [0.15, 0.2) is 0 Å². The van der Waals surface area contributed by atoms with Gasteiger partial charge in [-0.2, -0.15) is 0 Å². The van der Waals surface area contributed by atoms with Crippen molar-refractivity contribution < 1.29 is 19.4 Å². The third-order valence-corrected chi connectivity index (χ3v) is 2.51. The summed E-state index contributed by atoms with van der Waals surface area (Å²) in [7, 11) is 0. The molecule has 1 aromatic rings. The fraction of sp³-hybridized carbons (Fsp3) is 0.429. The monoisotopic (exact) mass is 280 g/mol. The van der Waals surface area contributed by atoms with Crippen molar-refractivity contribution in [1.29, 1.82) is 0 Å². The second kappa shape index (κ2) is 8.92. The molecule has 0 bridgehead atoms. The van der Waals surface area contributed by atoms with Crippen LogP contribution in [0.3, 0.4) is 0 Å². The average Bonchev–Trinajstić information content (AvgIpc) is 2.40. The molecule has 3 N–H and O–H groups in total. The molecule has 20 heavy (non-hydrogen) atoms. The fourth-order valence-corrected chi connectivity index (χ4v) is 1.61. The maximum atomic E-state index is 11.5. The third kappa shape index (κ3) is 6.75. The topological polar surface area (TPSA) is 87.7 Å². The Labute approximate surface area is 118 Å². The first kappa shape index (κ1) is 16.0. The van der Waals surface area contributed by atoms with Crippen molar-refractivity contribution in [3.05, 3.63) is 29.8 Å². The van der Waals surface area contributed by atoms with Crippen molar-refractivity contribution in [3.63, 3.8) is 0 Å². The Bertz CT molecular complexity index is 431. The Kier molecular flexibility index (Phi) is 7.13. The van der Waals surface area contributed by atoms with E-state index in [1.165, 1.54) is 5.56 Å². The molecule has 6 heteroatoms. The normalized spacial score (nSPS) is 10.1. The first-order chi connectivity index (χ1) is 9.61. The summed E-state index contributed by atoms with van der Waals surface area (Å²) in [5.74, 6) is -1.03. The van der Waals surface area contributed by atoms with Crippen LogP contribution in [0.15, 0.2) is 24.3 Å². The highest BCUT2D eigenvalue weighted by Crippen LogP contribution is 2.10. The lowest BCUT2D eigenvalue weighted by atomic mass is 10.1. The van der Waals surface area contributed by atoms with E-state index in [2.05, 4.69) is 17.6 Å². The summed E-state index contributed by atoms with van der Waals surface area (Å²) < 4.78 is 4.80. The summed E-state index contributed by atoms with van der Waals surface area (Å²) in [6.45, 7) is 2.18. The van der Waals surface area contributed by atoms with Crippen molar-refractivity contribution in [2.75, 3.05) is 25.1 Å².